The number of halogens is 1. The van der Waals surface area contributed by atoms with Crippen LogP contribution in [0.4, 0.5) is 5.69 Å². The van der Waals surface area contributed by atoms with Crippen molar-refractivity contribution in [3.63, 3.8) is 0 Å². The Morgan fingerprint density at radius 1 is 1.38 bits per heavy atom. The van der Waals surface area contributed by atoms with Gasteiger partial charge in [0.1, 0.15) is 0 Å². The summed E-state index contributed by atoms with van der Waals surface area (Å²) >= 11 is 5.99. The highest BCUT2D eigenvalue weighted by Gasteiger charge is 2.04. The molecule has 0 bridgehead atoms. The van der Waals surface area contributed by atoms with Crippen molar-refractivity contribution in [1.29, 1.82) is 0 Å². The van der Waals surface area contributed by atoms with E-state index < -0.39 is 0 Å². The molecule has 0 aliphatic rings. The monoisotopic (exact) mass is 242 g/mol. The zero-order valence-corrected chi connectivity index (χ0v) is 10.8. The van der Waals surface area contributed by atoms with Gasteiger partial charge in [-0.2, -0.15) is 0 Å². The van der Waals surface area contributed by atoms with Crippen molar-refractivity contribution in [2.45, 2.75) is 6.54 Å². The maximum Gasteiger partial charge on any atom is 0.0587 e. The summed E-state index contributed by atoms with van der Waals surface area (Å²) in [5.41, 5.74) is 2.39. The van der Waals surface area contributed by atoms with Crippen LogP contribution < -0.4 is 10.2 Å². The van der Waals surface area contributed by atoms with Gasteiger partial charge in [0.05, 0.1) is 6.61 Å². The van der Waals surface area contributed by atoms with Crippen LogP contribution in [0.1, 0.15) is 5.56 Å². The molecule has 1 rings (SSSR count). The third-order valence-electron chi connectivity index (χ3n) is 2.32. The van der Waals surface area contributed by atoms with E-state index in [1.165, 1.54) is 11.3 Å². The summed E-state index contributed by atoms with van der Waals surface area (Å²) in [6.45, 7) is 2.37. The number of nitrogens with one attached hydrogen (secondary N) is 1. The number of hydrogen-bond acceptors (Lipinski definition) is 3. The molecule has 0 saturated heterocycles. The first-order chi connectivity index (χ1) is 7.65. The van der Waals surface area contributed by atoms with Crippen molar-refractivity contribution in [2.75, 3.05) is 39.3 Å². The fourth-order valence-electron chi connectivity index (χ4n) is 1.53. The summed E-state index contributed by atoms with van der Waals surface area (Å²) in [4.78, 5) is 2.09. The van der Waals surface area contributed by atoms with Crippen LogP contribution in [0.15, 0.2) is 18.2 Å². The molecule has 16 heavy (non-hydrogen) atoms. The van der Waals surface area contributed by atoms with E-state index in [4.69, 9.17) is 16.3 Å². The number of anilines is 1. The second kappa shape index (κ2) is 6.74. The summed E-state index contributed by atoms with van der Waals surface area (Å²) in [5, 5.41) is 4.09. The van der Waals surface area contributed by atoms with Gasteiger partial charge in [0.2, 0.25) is 0 Å². The van der Waals surface area contributed by atoms with Gasteiger partial charge < -0.3 is 15.0 Å². The van der Waals surface area contributed by atoms with E-state index >= 15 is 0 Å². The van der Waals surface area contributed by atoms with Crippen LogP contribution >= 0.6 is 11.6 Å². The first kappa shape index (κ1) is 13.3. The highest BCUT2D eigenvalue weighted by molar-refractivity contribution is 6.30. The van der Waals surface area contributed by atoms with Crippen molar-refractivity contribution in [3.8, 4) is 0 Å². The van der Waals surface area contributed by atoms with E-state index in [1.54, 1.807) is 7.11 Å². The van der Waals surface area contributed by atoms with E-state index in [-0.39, 0.29) is 0 Å². The molecule has 4 heteroatoms. The van der Waals surface area contributed by atoms with Gasteiger partial charge in [0, 0.05) is 45.0 Å². The summed E-state index contributed by atoms with van der Waals surface area (Å²) in [6.07, 6.45) is 0. The molecule has 1 N–H and O–H groups in total. The molecule has 0 fully saturated rings. The average Bonchev–Trinajstić information content (AvgIpc) is 2.24. The molecule has 1 aromatic rings. The maximum absolute atomic E-state index is 5.99. The van der Waals surface area contributed by atoms with E-state index in [0.717, 1.165) is 24.7 Å². The van der Waals surface area contributed by atoms with Crippen molar-refractivity contribution in [3.05, 3.63) is 28.8 Å². The smallest absolute Gasteiger partial charge is 0.0587 e. The van der Waals surface area contributed by atoms with Crippen LogP contribution in [0.3, 0.4) is 0 Å². The molecular formula is C12H19ClN2O. The molecule has 0 radical (unpaired) electrons. The SMILES string of the molecule is COCCNCc1cc(Cl)ccc1N(C)C. The Kier molecular flexibility index (Phi) is 5.60. The normalized spacial score (nSPS) is 10.5. The molecule has 0 atom stereocenters. The maximum atomic E-state index is 5.99. The van der Waals surface area contributed by atoms with Gasteiger partial charge in [0.25, 0.3) is 0 Å². The molecule has 0 saturated carbocycles. The standard InChI is InChI=1S/C12H19ClN2O/c1-15(2)12-5-4-11(13)8-10(12)9-14-6-7-16-3/h4-5,8,14H,6-7,9H2,1-3H3. The zero-order chi connectivity index (χ0) is 12.0. The van der Waals surface area contributed by atoms with Crippen LogP contribution in [-0.2, 0) is 11.3 Å². The average molecular weight is 243 g/mol. The predicted octanol–water partition coefficient (Wildman–Crippen LogP) is 2.14. The summed E-state index contributed by atoms with van der Waals surface area (Å²) in [7, 11) is 5.76. The van der Waals surface area contributed by atoms with Crippen LogP contribution in [0.25, 0.3) is 0 Å². The number of nitrogens with zero attached hydrogens (tertiary/aromatic N) is 1. The van der Waals surface area contributed by atoms with Gasteiger partial charge in [-0.05, 0) is 23.8 Å². The van der Waals surface area contributed by atoms with E-state index in [1.807, 2.05) is 32.3 Å². The zero-order valence-electron chi connectivity index (χ0n) is 10.1. The minimum absolute atomic E-state index is 0.720. The minimum atomic E-state index is 0.720. The second-order valence-electron chi connectivity index (χ2n) is 3.84. The molecule has 0 aliphatic heterocycles. The molecule has 0 amide bonds. The number of hydrogen-bond donors (Lipinski definition) is 1. The Morgan fingerprint density at radius 3 is 2.75 bits per heavy atom. The molecular weight excluding hydrogens is 224 g/mol. The van der Waals surface area contributed by atoms with Crippen LogP contribution in [-0.4, -0.2) is 34.4 Å². The molecule has 0 heterocycles. The summed E-state index contributed by atoms with van der Waals surface area (Å²) in [5.74, 6) is 0. The van der Waals surface area contributed by atoms with E-state index in [0.29, 0.717) is 0 Å². The first-order valence-corrected chi connectivity index (χ1v) is 5.68. The molecule has 0 spiro atoms. The summed E-state index contributed by atoms with van der Waals surface area (Å²) in [6, 6.07) is 5.95. The number of rotatable bonds is 6. The molecule has 90 valence electrons. The molecule has 0 aliphatic carbocycles. The van der Waals surface area contributed by atoms with Gasteiger partial charge >= 0.3 is 0 Å². The molecule has 0 unspecified atom stereocenters. The Balaban J connectivity index is 2.65. The highest BCUT2D eigenvalue weighted by atomic mass is 35.5. The lowest BCUT2D eigenvalue weighted by Crippen LogP contribution is -2.20. The summed E-state index contributed by atoms with van der Waals surface area (Å²) < 4.78 is 4.98. The quantitative estimate of drug-likeness (QED) is 0.774. The Morgan fingerprint density at radius 2 is 2.12 bits per heavy atom. The topological polar surface area (TPSA) is 24.5 Å². The van der Waals surface area contributed by atoms with Gasteiger partial charge in [-0.1, -0.05) is 11.6 Å². The lowest BCUT2D eigenvalue weighted by molar-refractivity contribution is 0.199. The van der Waals surface area contributed by atoms with Crippen molar-refractivity contribution >= 4 is 17.3 Å². The van der Waals surface area contributed by atoms with Gasteiger partial charge in [-0.3, -0.25) is 0 Å². The van der Waals surface area contributed by atoms with Crippen molar-refractivity contribution in [2.24, 2.45) is 0 Å². The highest BCUT2D eigenvalue weighted by Crippen LogP contribution is 2.22. The van der Waals surface area contributed by atoms with E-state index in [2.05, 4.69) is 10.2 Å². The lowest BCUT2D eigenvalue weighted by Gasteiger charge is -2.18. The van der Waals surface area contributed by atoms with Crippen LogP contribution in [0.2, 0.25) is 5.02 Å². The molecule has 0 aromatic heterocycles. The Labute approximate surface area is 102 Å². The van der Waals surface area contributed by atoms with Crippen LogP contribution in [0.5, 0.6) is 0 Å². The van der Waals surface area contributed by atoms with Crippen LogP contribution in [0, 0.1) is 0 Å². The number of benzene rings is 1. The third-order valence-corrected chi connectivity index (χ3v) is 2.56. The molecule has 3 nitrogen and oxygen atoms in total. The molecule has 1 aromatic carbocycles. The Bertz CT molecular complexity index is 329. The third kappa shape index (κ3) is 4.00. The van der Waals surface area contributed by atoms with Gasteiger partial charge in [0.15, 0.2) is 0 Å². The number of methoxy groups -OCH3 is 1. The first-order valence-electron chi connectivity index (χ1n) is 5.30. The predicted molar refractivity (Wildman–Crippen MR) is 69.4 cm³/mol. The lowest BCUT2D eigenvalue weighted by atomic mass is 10.1. The number of ether oxygens (including phenoxy) is 1. The van der Waals surface area contributed by atoms with Gasteiger partial charge in [-0.15, -0.1) is 0 Å². The minimum Gasteiger partial charge on any atom is -0.383 e. The Hall–Kier alpha value is -0.770. The van der Waals surface area contributed by atoms with Crippen molar-refractivity contribution in [1.82, 2.24) is 5.32 Å². The fourth-order valence-corrected chi connectivity index (χ4v) is 1.72. The van der Waals surface area contributed by atoms with Gasteiger partial charge in [-0.25, -0.2) is 0 Å². The largest absolute Gasteiger partial charge is 0.383 e. The van der Waals surface area contributed by atoms with E-state index in [9.17, 15) is 0 Å². The second-order valence-corrected chi connectivity index (χ2v) is 4.27. The van der Waals surface area contributed by atoms with Crippen molar-refractivity contribution < 1.29 is 4.74 Å². The fraction of sp³-hybridized carbons (Fsp3) is 0.500.